The van der Waals surface area contributed by atoms with E-state index in [0.29, 0.717) is 31.5 Å². The molecule has 0 radical (unpaired) electrons. The zero-order chi connectivity index (χ0) is 16.1. The van der Waals surface area contributed by atoms with Crippen molar-refractivity contribution < 1.29 is 14.7 Å². The minimum Gasteiger partial charge on any atom is -0.465 e. The Morgan fingerprint density at radius 2 is 2.18 bits per heavy atom. The first-order valence-corrected chi connectivity index (χ1v) is 7.73. The van der Waals surface area contributed by atoms with Gasteiger partial charge in [-0.1, -0.05) is 26.8 Å². The average Bonchev–Trinajstić information content (AvgIpc) is 2.71. The lowest BCUT2D eigenvalue weighted by atomic mass is 9.67. The lowest BCUT2D eigenvalue weighted by Crippen LogP contribution is -2.56. The summed E-state index contributed by atoms with van der Waals surface area (Å²) >= 11 is 0. The fourth-order valence-corrected chi connectivity index (χ4v) is 3.92. The lowest BCUT2D eigenvalue weighted by Gasteiger charge is -2.48. The van der Waals surface area contributed by atoms with E-state index in [1.807, 2.05) is 32.9 Å². The Morgan fingerprint density at radius 1 is 1.45 bits per heavy atom. The van der Waals surface area contributed by atoms with Crippen LogP contribution in [0.3, 0.4) is 0 Å². The number of hydrogen-bond donors (Lipinski definition) is 1. The van der Waals surface area contributed by atoms with E-state index in [-0.39, 0.29) is 17.2 Å². The van der Waals surface area contributed by atoms with Crippen molar-refractivity contribution in [2.75, 3.05) is 6.54 Å². The number of carbonyl (C=O) groups excluding carboxylic acids is 1. The molecule has 0 saturated carbocycles. The molecule has 5 heteroatoms. The van der Waals surface area contributed by atoms with Crippen molar-refractivity contribution in [1.29, 1.82) is 0 Å². The molecule has 0 bridgehead atoms. The Balaban J connectivity index is 1.95. The predicted molar refractivity (Wildman–Crippen MR) is 81.9 cm³/mol. The first-order valence-electron chi connectivity index (χ1n) is 7.73. The van der Waals surface area contributed by atoms with Gasteiger partial charge in [0.2, 0.25) is 0 Å². The minimum atomic E-state index is -0.893. The van der Waals surface area contributed by atoms with Gasteiger partial charge in [-0.3, -0.25) is 9.78 Å². The van der Waals surface area contributed by atoms with Gasteiger partial charge >= 0.3 is 6.09 Å². The number of Topliss-reactive ketones (excluding diaryl/α,β-unsaturated/α-hetero) is 1. The van der Waals surface area contributed by atoms with E-state index in [2.05, 4.69) is 4.98 Å². The van der Waals surface area contributed by atoms with Crippen molar-refractivity contribution in [2.24, 2.45) is 10.8 Å². The van der Waals surface area contributed by atoms with Crippen LogP contribution in [-0.4, -0.2) is 39.5 Å². The fourth-order valence-electron chi connectivity index (χ4n) is 3.92. The number of carboxylic acid groups (broad SMARTS) is 1. The van der Waals surface area contributed by atoms with E-state index >= 15 is 0 Å². The van der Waals surface area contributed by atoms with Gasteiger partial charge in [-0.25, -0.2) is 4.79 Å². The lowest BCUT2D eigenvalue weighted by molar-refractivity contribution is 0.00995. The van der Waals surface area contributed by atoms with E-state index in [0.717, 1.165) is 5.56 Å². The van der Waals surface area contributed by atoms with Crippen molar-refractivity contribution in [3.63, 3.8) is 0 Å². The smallest absolute Gasteiger partial charge is 0.407 e. The molecule has 1 aromatic rings. The van der Waals surface area contributed by atoms with Crippen LogP contribution in [0.2, 0.25) is 0 Å². The number of hydrogen-bond acceptors (Lipinski definition) is 3. The third kappa shape index (κ3) is 2.19. The molecule has 2 aliphatic rings. The maximum absolute atomic E-state index is 12.9. The molecule has 2 unspecified atom stereocenters. The molecule has 2 atom stereocenters. The summed E-state index contributed by atoms with van der Waals surface area (Å²) in [7, 11) is 0. The maximum atomic E-state index is 12.9. The van der Waals surface area contributed by atoms with Crippen LogP contribution < -0.4 is 0 Å². The highest BCUT2D eigenvalue weighted by atomic mass is 16.4. The molecule has 1 fully saturated rings. The van der Waals surface area contributed by atoms with E-state index < -0.39 is 11.5 Å². The third-order valence-electron chi connectivity index (χ3n) is 5.15. The Morgan fingerprint density at radius 3 is 2.77 bits per heavy atom. The fraction of sp³-hybridized carbons (Fsp3) is 0.588. The SMILES string of the molecule is CC(C)(C)C1CC2(CCN1C(=O)O)Cc1cccnc1C2=O. The van der Waals surface area contributed by atoms with Crippen LogP contribution in [0.5, 0.6) is 0 Å². The molecule has 118 valence electrons. The van der Waals surface area contributed by atoms with Gasteiger partial charge in [0.05, 0.1) is 0 Å². The molecular formula is C17H22N2O3. The molecule has 2 heterocycles. The first kappa shape index (κ1) is 15.0. The number of nitrogens with zero attached hydrogens (tertiary/aromatic N) is 2. The third-order valence-corrected chi connectivity index (χ3v) is 5.15. The molecule has 22 heavy (non-hydrogen) atoms. The summed E-state index contributed by atoms with van der Waals surface area (Å²) in [5, 5.41) is 9.47. The highest BCUT2D eigenvalue weighted by Gasteiger charge is 2.53. The number of aromatic nitrogens is 1. The highest BCUT2D eigenvalue weighted by molar-refractivity contribution is 6.03. The van der Waals surface area contributed by atoms with Gasteiger partial charge < -0.3 is 10.0 Å². The molecule has 5 nitrogen and oxygen atoms in total. The summed E-state index contributed by atoms with van der Waals surface area (Å²) in [6, 6.07) is 3.67. The molecule has 1 aromatic heterocycles. The number of piperidine rings is 1. The van der Waals surface area contributed by atoms with E-state index in [1.165, 1.54) is 4.90 Å². The van der Waals surface area contributed by atoms with Gasteiger partial charge in [0, 0.05) is 24.2 Å². The van der Waals surface area contributed by atoms with E-state index in [1.54, 1.807) is 6.20 Å². The Bertz CT molecular complexity index is 635. The molecular weight excluding hydrogens is 280 g/mol. The van der Waals surface area contributed by atoms with Crippen LogP contribution in [0.4, 0.5) is 4.79 Å². The topological polar surface area (TPSA) is 70.5 Å². The highest BCUT2D eigenvalue weighted by Crippen LogP contribution is 2.48. The zero-order valence-corrected chi connectivity index (χ0v) is 13.3. The van der Waals surface area contributed by atoms with Crippen LogP contribution in [0.15, 0.2) is 18.3 Å². The predicted octanol–water partition coefficient (Wildman–Crippen LogP) is 3.00. The Kier molecular flexibility index (Phi) is 3.27. The molecule has 1 aliphatic heterocycles. The zero-order valence-electron chi connectivity index (χ0n) is 13.3. The monoisotopic (exact) mass is 302 g/mol. The molecule has 1 aliphatic carbocycles. The summed E-state index contributed by atoms with van der Waals surface area (Å²) < 4.78 is 0. The number of fused-ring (bicyclic) bond motifs is 1. The normalized spacial score (nSPS) is 28.0. The van der Waals surface area contributed by atoms with Gasteiger partial charge in [0.15, 0.2) is 5.78 Å². The van der Waals surface area contributed by atoms with Crippen LogP contribution in [0, 0.1) is 10.8 Å². The van der Waals surface area contributed by atoms with Crippen LogP contribution >= 0.6 is 0 Å². The average molecular weight is 302 g/mol. The largest absolute Gasteiger partial charge is 0.465 e. The van der Waals surface area contributed by atoms with E-state index in [4.69, 9.17) is 0 Å². The second kappa shape index (κ2) is 4.80. The van der Waals surface area contributed by atoms with E-state index in [9.17, 15) is 14.7 Å². The van der Waals surface area contributed by atoms with Crippen LogP contribution in [0.1, 0.15) is 49.7 Å². The number of pyridine rings is 1. The maximum Gasteiger partial charge on any atom is 0.407 e. The van der Waals surface area contributed by atoms with Crippen molar-refractivity contribution in [3.05, 3.63) is 29.6 Å². The summed E-state index contributed by atoms with van der Waals surface area (Å²) in [4.78, 5) is 30.2. The van der Waals surface area contributed by atoms with Crippen LogP contribution in [0.25, 0.3) is 0 Å². The van der Waals surface area contributed by atoms with Crippen LogP contribution in [-0.2, 0) is 6.42 Å². The summed E-state index contributed by atoms with van der Waals surface area (Å²) in [6.45, 7) is 6.53. The molecule has 1 spiro atoms. The minimum absolute atomic E-state index is 0.0994. The Labute approximate surface area is 130 Å². The van der Waals surface area contributed by atoms with Gasteiger partial charge in [0.25, 0.3) is 0 Å². The first-order chi connectivity index (χ1) is 10.2. The quantitative estimate of drug-likeness (QED) is 0.799. The van der Waals surface area contributed by atoms with Gasteiger partial charge in [-0.15, -0.1) is 0 Å². The summed E-state index contributed by atoms with van der Waals surface area (Å²) in [5.41, 5.74) is 0.914. The number of rotatable bonds is 0. The van der Waals surface area contributed by atoms with Crippen molar-refractivity contribution >= 4 is 11.9 Å². The number of carbonyl (C=O) groups is 2. The van der Waals surface area contributed by atoms with Gasteiger partial charge in [-0.2, -0.15) is 0 Å². The van der Waals surface area contributed by atoms with Gasteiger partial charge in [-0.05, 0) is 36.3 Å². The molecule has 1 saturated heterocycles. The number of amides is 1. The molecule has 1 N–H and O–H groups in total. The van der Waals surface area contributed by atoms with Gasteiger partial charge in [0.1, 0.15) is 5.69 Å². The number of ketones is 1. The van der Waals surface area contributed by atoms with Crippen molar-refractivity contribution in [2.45, 2.75) is 46.1 Å². The summed E-state index contributed by atoms with van der Waals surface area (Å²) in [6.07, 6.45) is 2.62. The Hall–Kier alpha value is -1.91. The van der Waals surface area contributed by atoms with Crippen molar-refractivity contribution in [1.82, 2.24) is 9.88 Å². The number of likely N-dealkylation sites (tertiary alicyclic amines) is 1. The molecule has 3 rings (SSSR count). The standard InChI is InChI=1S/C17H22N2O3/c1-16(2,3)12-10-17(6-8-19(12)15(21)22)9-11-5-4-7-18-13(11)14(17)20/h4-5,7,12H,6,8-10H2,1-3H3,(H,21,22). The van der Waals surface area contributed by atoms with Crippen molar-refractivity contribution in [3.8, 4) is 0 Å². The molecule has 0 aromatic carbocycles. The molecule has 1 amide bonds. The summed E-state index contributed by atoms with van der Waals surface area (Å²) in [5.74, 6) is 0.0994. The second-order valence-electron chi connectivity index (χ2n) is 7.61. The second-order valence-corrected chi connectivity index (χ2v) is 7.61.